The van der Waals surface area contributed by atoms with Gasteiger partial charge < -0.3 is 0 Å². The Morgan fingerprint density at radius 3 is 2.92 bits per heavy atom. The van der Waals surface area contributed by atoms with Crippen LogP contribution in [0.4, 0.5) is 0 Å². The van der Waals surface area contributed by atoms with Crippen LogP contribution in [0.15, 0.2) is 0 Å². The lowest BCUT2D eigenvalue weighted by molar-refractivity contribution is 0.0259. The van der Waals surface area contributed by atoms with Gasteiger partial charge in [-0.05, 0) is 26.7 Å². The van der Waals surface area contributed by atoms with E-state index in [1.54, 1.807) is 0 Å². The lowest BCUT2D eigenvalue weighted by atomic mass is 9.82. The van der Waals surface area contributed by atoms with E-state index in [0.29, 0.717) is 5.54 Å². The van der Waals surface area contributed by atoms with Crippen molar-refractivity contribution in [2.24, 2.45) is 0 Å². The Labute approximate surface area is 76.1 Å². The zero-order valence-corrected chi connectivity index (χ0v) is 8.34. The fourth-order valence-electron chi connectivity index (χ4n) is 2.73. The quantitative estimate of drug-likeness (QED) is 0.500. The molecule has 1 unspecified atom stereocenters. The molecule has 0 radical (unpaired) electrons. The maximum absolute atomic E-state index is 2.71. The highest BCUT2D eigenvalue weighted by Gasteiger charge is 2.42. The molecule has 1 nitrogen and oxygen atoms in total. The summed E-state index contributed by atoms with van der Waals surface area (Å²) in [6.07, 6.45) is 9.47. The van der Waals surface area contributed by atoms with Crippen LogP contribution in [0.5, 0.6) is 0 Å². The van der Waals surface area contributed by atoms with Crippen molar-refractivity contribution in [3.8, 4) is 0 Å². The number of rotatable bonds is 0. The second-order valence-corrected chi connectivity index (χ2v) is 4.84. The molecule has 0 N–H and O–H groups in total. The lowest BCUT2D eigenvalue weighted by Crippen LogP contribution is -2.55. The monoisotopic (exact) mass is 166 g/mol. The molecule has 0 aliphatic carbocycles. The second kappa shape index (κ2) is 2.95. The summed E-state index contributed by atoms with van der Waals surface area (Å²) >= 11 is 0. The summed E-state index contributed by atoms with van der Waals surface area (Å²) in [7, 11) is 0. The van der Waals surface area contributed by atoms with Gasteiger partial charge in [0.1, 0.15) is 0 Å². The van der Waals surface area contributed by atoms with E-state index >= 15 is 0 Å². The predicted molar refractivity (Wildman–Crippen MR) is 52.0 cm³/mol. The first-order chi connectivity index (χ1) is 5.70. The molecule has 1 atom stereocenters. The van der Waals surface area contributed by atoms with Gasteiger partial charge in [-0.25, -0.2) is 0 Å². The van der Waals surface area contributed by atoms with Gasteiger partial charge in [0, 0.05) is 24.9 Å². The summed E-state index contributed by atoms with van der Waals surface area (Å²) in [5.74, 6) is 0. The zero-order valence-electron chi connectivity index (χ0n) is 8.34. The first-order valence-corrected chi connectivity index (χ1v) is 5.30. The first-order valence-electron chi connectivity index (χ1n) is 5.30. The van der Waals surface area contributed by atoms with E-state index in [1.807, 2.05) is 0 Å². The van der Waals surface area contributed by atoms with Crippen LogP contribution in [0, 0.1) is 6.42 Å². The number of hydrogen-bond donors (Lipinski definition) is 0. The van der Waals surface area contributed by atoms with E-state index in [2.05, 4.69) is 25.2 Å². The van der Waals surface area contributed by atoms with Crippen LogP contribution >= 0.6 is 0 Å². The summed E-state index contributed by atoms with van der Waals surface area (Å²) in [6.45, 7) is 6.13. The Kier molecular flexibility index (Phi) is 2.07. The van der Waals surface area contributed by atoms with Crippen molar-refractivity contribution in [3.63, 3.8) is 0 Å². The lowest BCUT2D eigenvalue weighted by Gasteiger charge is -2.45. The third-order valence-corrected chi connectivity index (χ3v) is 3.52. The summed E-state index contributed by atoms with van der Waals surface area (Å²) < 4.78 is 0. The minimum atomic E-state index is 0.472. The molecule has 0 aromatic heterocycles. The van der Waals surface area contributed by atoms with Gasteiger partial charge >= 0.3 is 0 Å². The van der Waals surface area contributed by atoms with E-state index in [1.165, 1.54) is 38.6 Å². The molecule has 1 heteroatoms. The molecular weight excluding hydrogens is 146 g/mol. The average Bonchev–Trinajstić information content (AvgIpc) is 2.04. The van der Waals surface area contributed by atoms with Crippen molar-refractivity contribution in [2.75, 3.05) is 6.54 Å². The van der Waals surface area contributed by atoms with Gasteiger partial charge in [-0.15, -0.1) is 0 Å². The summed E-state index contributed by atoms with van der Waals surface area (Å²) in [4.78, 5) is 2.71. The van der Waals surface area contributed by atoms with Crippen molar-refractivity contribution in [3.05, 3.63) is 6.42 Å². The van der Waals surface area contributed by atoms with Gasteiger partial charge in [-0.2, -0.15) is 0 Å². The summed E-state index contributed by atoms with van der Waals surface area (Å²) in [5.41, 5.74) is 0.472. The standard InChI is InChI=1S/C11H20N/c1-11(2)8-5-7-10-6-3-4-9-12(10)11/h7,10H,3-6,8-9H2,1-2H3/q+1. The van der Waals surface area contributed by atoms with Gasteiger partial charge in [-0.3, -0.25) is 4.90 Å². The Hall–Kier alpha value is -0.170. The smallest absolute Gasteiger partial charge is 0.151 e. The second-order valence-electron chi connectivity index (χ2n) is 4.84. The highest BCUT2D eigenvalue weighted by molar-refractivity contribution is 5.00. The van der Waals surface area contributed by atoms with Crippen LogP contribution < -0.4 is 0 Å². The molecule has 0 aromatic rings. The fourth-order valence-corrected chi connectivity index (χ4v) is 2.73. The van der Waals surface area contributed by atoms with E-state index in [4.69, 9.17) is 0 Å². The highest BCUT2D eigenvalue weighted by Crippen LogP contribution is 2.35. The number of nitrogens with zero attached hydrogens (tertiary/aromatic N) is 1. The van der Waals surface area contributed by atoms with Gasteiger partial charge in [-0.1, -0.05) is 0 Å². The number of fused-ring (bicyclic) bond motifs is 1. The van der Waals surface area contributed by atoms with Crippen molar-refractivity contribution in [1.29, 1.82) is 0 Å². The SMILES string of the molecule is CC1(C)CC[CH+]C2CCCCN21. The molecule has 0 bridgehead atoms. The molecule has 0 aromatic carbocycles. The topological polar surface area (TPSA) is 3.24 Å². The molecule has 2 saturated heterocycles. The molecule has 2 heterocycles. The van der Waals surface area contributed by atoms with Gasteiger partial charge in [0.15, 0.2) is 6.04 Å². The maximum Gasteiger partial charge on any atom is 0.151 e. The van der Waals surface area contributed by atoms with Crippen molar-refractivity contribution >= 4 is 0 Å². The normalized spacial score (nSPS) is 35.3. The Balaban J connectivity index is 2.09. The van der Waals surface area contributed by atoms with E-state index in [9.17, 15) is 0 Å². The Bertz CT molecular complexity index is 160. The van der Waals surface area contributed by atoms with Crippen LogP contribution in [0.25, 0.3) is 0 Å². The maximum atomic E-state index is 2.71. The molecule has 12 heavy (non-hydrogen) atoms. The van der Waals surface area contributed by atoms with Crippen LogP contribution in [0.2, 0.25) is 0 Å². The largest absolute Gasteiger partial charge is 0.257 e. The van der Waals surface area contributed by atoms with Crippen LogP contribution in [0.1, 0.15) is 46.0 Å². The first kappa shape index (κ1) is 8.43. The minimum Gasteiger partial charge on any atom is -0.257 e. The Morgan fingerprint density at radius 2 is 2.17 bits per heavy atom. The third kappa shape index (κ3) is 1.35. The number of hydrogen-bond acceptors (Lipinski definition) is 1. The summed E-state index contributed by atoms with van der Waals surface area (Å²) in [6, 6.07) is 0.808. The van der Waals surface area contributed by atoms with Crippen LogP contribution in [0.3, 0.4) is 0 Å². The van der Waals surface area contributed by atoms with Crippen LogP contribution in [-0.2, 0) is 0 Å². The minimum absolute atomic E-state index is 0.472. The molecular formula is C11H20N+. The van der Waals surface area contributed by atoms with E-state index in [0.717, 1.165) is 6.04 Å². The van der Waals surface area contributed by atoms with Gasteiger partial charge in [0.2, 0.25) is 0 Å². The highest BCUT2D eigenvalue weighted by atomic mass is 15.2. The molecule has 2 aliphatic rings. The zero-order chi connectivity index (χ0) is 8.60. The predicted octanol–water partition coefficient (Wildman–Crippen LogP) is 2.62. The molecule has 0 spiro atoms. The van der Waals surface area contributed by atoms with Crippen molar-refractivity contribution in [1.82, 2.24) is 4.90 Å². The van der Waals surface area contributed by atoms with Gasteiger partial charge in [0.05, 0.1) is 12.8 Å². The van der Waals surface area contributed by atoms with Crippen molar-refractivity contribution < 1.29 is 0 Å². The molecule has 0 saturated carbocycles. The van der Waals surface area contributed by atoms with E-state index in [-0.39, 0.29) is 0 Å². The van der Waals surface area contributed by atoms with E-state index < -0.39 is 0 Å². The fraction of sp³-hybridized carbons (Fsp3) is 0.909. The summed E-state index contributed by atoms with van der Waals surface area (Å²) in [5, 5.41) is 0. The molecule has 2 rings (SSSR count). The molecule has 0 amide bonds. The van der Waals surface area contributed by atoms with Gasteiger partial charge in [0.25, 0.3) is 0 Å². The van der Waals surface area contributed by atoms with Crippen LogP contribution in [-0.4, -0.2) is 23.0 Å². The third-order valence-electron chi connectivity index (χ3n) is 3.52. The Morgan fingerprint density at radius 1 is 1.33 bits per heavy atom. The average molecular weight is 166 g/mol. The molecule has 68 valence electrons. The number of piperidine rings is 2. The van der Waals surface area contributed by atoms with Crippen molar-refractivity contribution in [2.45, 2.75) is 57.5 Å². The molecule has 2 fully saturated rings. The molecule has 2 aliphatic heterocycles.